The first-order valence-corrected chi connectivity index (χ1v) is 5.14. The van der Waals surface area contributed by atoms with Crippen molar-refractivity contribution in [2.24, 2.45) is 0 Å². The summed E-state index contributed by atoms with van der Waals surface area (Å²) in [4.78, 5) is 11.5. The molecule has 0 radical (unpaired) electrons. The molecule has 4 heteroatoms. The fourth-order valence-electron chi connectivity index (χ4n) is 2.03. The lowest BCUT2D eigenvalue weighted by molar-refractivity contribution is -0.140. The van der Waals surface area contributed by atoms with Crippen LogP contribution in [0.3, 0.4) is 0 Å². The largest absolute Gasteiger partial charge is 0.315 e. The Morgan fingerprint density at radius 1 is 1.31 bits per heavy atom. The second-order valence-electron chi connectivity index (χ2n) is 3.78. The van der Waals surface area contributed by atoms with E-state index in [4.69, 9.17) is 0 Å². The standard InChI is InChI=1S/C9H17N3O/c13-9-4-2-6-11-12(9)8-3-1-5-10-7-8/h8,10-11H,1-7H2. The first-order chi connectivity index (χ1) is 6.38. The lowest BCUT2D eigenvalue weighted by Gasteiger charge is -2.37. The summed E-state index contributed by atoms with van der Waals surface area (Å²) in [6.45, 7) is 2.99. The molecule has 0 spiro atoms. The van der Waals surface area contributed by atoms with Crippen molar-refractivity contribution in [1.82, 2.24) is 15.8 Å². The summed E-state index contributed by atoms with van der Waals surface area (Å²) in [5.41, 5.74) is 3.18. The quantitative estimate of drug-likeness (QED) is 0.595. The number of hydrazine groups is 1. The third-order valence-electron chi connectivity index (χ3n) is 2.75. The van der Waals surface area contributed by atoms with Crippen LogP contribution >= 0.6 is 0 Å². The molecule has 0 aliphatic carbocycles. The normalized spacial score (nSPS) is 30.6. The van der Waals surface area contributed by atoms with E-state index in [0.29, 0.717) is 12.5 Å². The highest BCUT2D eigenvalue weighted by Gasteiger charge is 2.26. The van der Waals surface area contributed by atoms with Crippen LogP contribution in [-0.4, -0.2) is 36.6 Å². The first kappa shape index (κ1) is 8.97. The van der Waals surface area contributed by atoms with Gasteiger partial charge in [-0.3, -0.25) is 9.80 Å². The number of rotatable bonds is 1. The van der Waals surface area contributed by atoms with E-state index in [1.807, 2.05) is 5.01 Å². The van der Waals surface area contributed by atoms with E-state index in [1.54, 1.807) is 0 Å². The molecule has 13 heavy (non-hydrogen) atoms. The zero-order valence-electron chi connectivity index (χ0n) is 7.88. The predicted molar refractivity (Wildman–Crippen MR) is 50.0 cm³/mol. The molecule has 0 aromatic carbocycles. The Bertz CT molecular complexity index is 189. The average Bonchev–Trinajstić information content (AvgIpc) is 2.20. The average molecular weight is 183 g/mol. The highest BCUT2D eigenvalue weighted by atomic mass is 16.2. The second-order valence-corrected chi connectivity index (χ2v) is 3.78. The predicted octanol–water partition coefficient (Wildman–Crippen LogP) is -0.135. The minimum absolute atomic E-state index is 0.264. The third kappa shape index (κ3) is 2.00. The Kier molecular flexibility index (Phi) is 2.80. The molecule has 0 saturated carbocycles. The van der Waals surface area contributed by atoms with Crippen molar-refractivity contribution in [1.29, 1.82) is 0 Å². The number of nitrogens with zero attached hydrogens (tertiary/aromatic N) is 1. The Hall–Kier alpha value is -0.610. The fourth-order valence-corrected chi connectivity index (χ4v) is 2.03. The molecule has 0 bridgehead atoms. The minimum atomic E-state index is 0.264. The van der Waals surface area contributed by atoms with Gasteiger partial charge in [0.1, 0.15) is 0 Å². The van der Waals surface area contributed by atoms with Gasteiger partial charge in [-0.05, 0) is 25.8 Å². The zero-order valence-corrected chi connectivity index (χ0v) is 7.88. The summed E-state index contributed by atoms with van der Waals surface area (Å²) in [5.74, 6) is 0.264. The van der Waals surface area contributed by atoms with Crippen LogP contribution in [0.2, 0.25) is 0 Å². The maximum absolute atomic E-state index is 11.5. The molecule has 2 aliphatic rings. The molecule has 4 nitrogen and oxygen atoms in total. The van der Waals surface area contributed by atoms with Gasteiger partial charge < -0.3 is 5.32 Å². The van der Waals surface area contributed by atoms with Crippen LogP contribution < -0.4 is 10.7 Å². The van der Waals surface area contributed by atoms with Crippen molar-refractivity contribution in [3.05, 3.63) is 0 Å². The first-order valence-electron chi connectivity index (χ1n) is 5.14. The molecule has 1 unspecified atom stereocenters. The van der Waals surface area contributed by atoms with Crippen LogP contribution in [-0.2, 0) is 4.79 Å². The van der Waals surface area contributed by atoms with E-state index in [2.05, 4.69) is 10.7 Å². The van der Waals surface area contributed by atoms with Crippen molar-refractivity contribution >= 4 is 5.91 Å². The van der Waals surface area contributed by atoms with Crippen LogP contribution in [0.25, 0.3) is 0 Å². The number of hydrogen-bond acceptors (Lipinski definition) is 3. The van der Waals surface area contributed by atoms with Gasteiger partial charge in [-0.25, -0.2) is 5.43 Å². The van der Waals surface area contributed by atoms with Crippen molar-refractivity contribution in [3.63, 3.8) is 0 Å². The molecule has 74 valence electrons. The van der Waals surface area contributed by atoms with E-state index < -0.39 is 0 Å². The number of piperidine rings is 1. The molecule has 0 aromatic rings. The molecular weight excluding hydrogens is 166 g/mol. The van der Waals surface area contributed by atoms with Crippen molar-refractivity contribution in [2.45, 2.75) is 31.7 Å². The van der Waals surface area contributed by atoms with Crippen LogP contribution in [0.5, 0.6) is 0 Å². The minimum Gasteiger partial charge on any atom is -0.315 e. The topological polar surface area (TPSA) is 44.4 Å². The van der Waals surface area contributed by atoms with Gasteiger partial charge in [-0.15, -0.1) is 0 Å². The molecule has 0 aromatic heterocycles. The molecule has 2 fully saturated rings. The van der Waals surface area contributed by atoms with Crippen molar-refractivity contribution in [3.8, 4) is 0 Å². The molecule has 2 N–H and O–H groups in total. The van der Waals surface area contributed by atoms with E-state index in [0.717, 1.165) is 32.5 Å². The molecular formula is C9H17N3O. The van der Waals surface area contributed by atoms with E-state index in [1.165, 1.54) is 6.42 Å². The Morgan fingerprint density at radius 2 is 2.23 bits per heavy atom. The number of amides is 1. The maximum atomic E-state index is 11.5. The van der Waals surface area contributed by atoms with E-state index in [9.17, 15) is 4.79 Å². The Balaban J connectivity index is 1.92. The van der Waals surface area contributed by atoms with Gasteiger partial charge in [0.15, 0.2) is 0 Å². The molecule has 1 amide bonds. The summed E-state index contributed by atoms with van der Waals surface area (Å²) in [5, 5.41) is 5.16. The summed E-state index contributed by atoms with van der Waals surface area (Å²) in [6, 6.07) is 0.376. The van der Waals surface area contributed by atoms with Crippen LogP contribution in [0, 0.1) is 0 Å². The maximum Gasteiger partial charge on any atom is 0.237 e. The lowest BCUT2D eigenvalue weighted by Crippen LogP contribution is -2.57. The van der Waals surface area contributed by atoms with Crippen molar-refractivity contribution in [2.75, 3.05) is 19.6 Å². The number of hydrogen-bond donors (Lipinski definition) is 2. The number of carbonyl (C=O) groups is 1. The number of carbonyl (C=O) groups excluding carboxylic acids is 1. The van der Waals surface area contributed by atoms with Crippen LogP contribution in [0.1, 0.15) is 25.7 Å². The van der Waals surface area contributed by atoms with Gasteiger partial charge in [0.2, 0.25) is 5.91 Å². The molecule has 1 atom stereocenters. The summed E-state index contributed by atoms with van der Waals surface area (Å²) in [6.07, 6.45) is 4.00. The summed E-state index contributed by atoms with van der Waals surface area (Å²) in [7, 11) is 0. The lowest BCUT2D eigenvalue weighted by atomic mass is 10.1. The highest BCUT2D eigenvalue weighted by molar-refractivity contribution is 5.76. The van der Waals surface area contributed by atoms with Gasteiger partial charge in [0, 0.05) is 19.5 Å². The monoisotopic (exact) mass is 183 g/mol. The van der Waals surface area contributed by atoms with Crippen molar-refractivity contribution < 1.29 is 4.79 Å². The molecule has 2 saturated heterocycles. The van der Waals surface area contributed by atoms with Crippen LogP contribution in [0.4, 0.5) is 0 Å². The smallest absolute Gasteiger partial charge is 0.237 e. The summed E-state index contributed by atoms with van der Waals surface area (Å²) < 4.78 is 0. The van der Waals surface area contributed by atoms with Gasteiger partial charge >= 0.3 is 0 Å². The van der Waals surface area contributed by atoms with Crippen LogP contribution in [0.15, 0.2) is 0 Å². The highest BCUT2D eigenvalue weighted by Crippen LogP contribution is 2.12. The fraction of sp³-hybridized carbons (Fsp3) is 0.889. The SMILES string of the molecule is O=C1CCCNN1C1CCCNC1. The second kappa shape index (κ2) is 4.07. The number of nitrogens with one attached hydrogen (secondary N) is 2. The molecule has 2 heterocycles. The zero-order chi connectivity index (χ0) is 9.10. The Labute approximate surface area is 78.6 Å². The third-order valence-corrected chi connectivity index (χ3v) is 2.75. The molecule has 2 rings (SSSR count). The van der Waals surface area contributed by atoms with Gasteiger partial charge in [0.05, 0.1) is 6.04 Å². The van der Waals surface area contributed by atoms with E-state index >= 15 is 0 Å². The van der Waals surface area contributed by atoms with Gasteiger partial charge in [-0.2, -0.15) is 0 Å². The molecule has 2 aliphatic heterocycles. The summed E-state index contributed by atoms with van der Waals surface area (Å²) >= 11 is 0. The van der Waals surface area contributed by atoms with Gasteiger partial charge in [0.25, 0.3) is 0 Å². The van der Waals surface area contributed by atoms with E-state index in [-0.39, 0.29) is 5.91 Å². The van der Waals surface area contributed by atoms with Gasteiger partial charge in [-0.1, -0.05) is 0 Å². The Morgan fingerprint density at radius 3 is 2.92 bits per heavy atom.